The average molecular weight is 199 g/mol. The summed E-state index contributed by atoms with van der Waals surface area (Å²) in [5.41, 5.74) is -0.157. The smallest absolute Gasteiger partial charge is 0.362 e. The van der Waals surface area contributed by atoms with Gasteiger partial charge >= 0.3 is 11.9 Å². The van der Waals surface area contributed by atoms with Gasteiger partial charge in [-0.3, -0.25) is 0 Å². The summed E-state index contributed by atoms with van der Waals surface area (Å²) >= 11 is 0. The minimum absolute atomic E-state index is 0.0105. The molecule has 0 aliphatic rings. The van der Waals surface area contributed by atoms with E-state index in [1.165, 1.54) is 0 Å². The van der Waals surface area contributed by atoms with Gasteiger partial charge in [0.25, 0.3) is 0 Å². The van der Waals surface area contributed by atoms with Crippen molar-refractivity contribution >= 4 is 5.97 Å². The van der Waals surface area contributed by atoms with E-state index in [-0.39, 0.29) is 17.6 Å². The van der Waals surface area contributed by atoms with Crippen LogP contribution in [0.5, 0.6) is 5.95 Å². The number of aromatic nitrogens is 1. The molecule has 0 aliphatic heterocycles. The molecule has 1 aromatic heterocycles. The molecule has 1 aromatic rings. The maximum atomic E-state index is 10.7. The number of carboxylic acids is 1. The molecule has 0 aliphatic carbocycles. The van der Waals surface area contributed by atoms with E-state index in [9.17, 15) is 4.79 Å². The van der Waals surface area contributed by atoms with E-state index in [4.69, 9.17) is 14.3 Å². The molecule has 14 heavy (non-hydrogen) atoms. The Bertz CT molecular complexity index is 330. The predicted molar refractivity (Wildman–Crippen MR) is 48.7 cm³/mol. The second kappa shape index (κ2) is 4.13. The first-order chi connectivity index (χ1) is 6.56. The van der Waals surface area contributed by atoms with Crippen LogP contribution in [0, 0.1) is 0 Å². The largest absolute Gasteiger partial charge is 0.476 e. The summed E-state index contributed by atoms with van der Waals surface area (Å²) in [4.78, 5) is 14.6. The topological polar surface area (TPSA) is 72.6 Å². The maximum absolute atomic E-state index is 10.7. The zero-order valence-corrected chi connectivity index (χ0v) is 8.40. The van der Waals surface area contributed by atoms with Crippen molar-refractivity contribution in [3.8, 4) is 5.95 Å². The first kappa shape index (κ1) is 10.6. The van der Waals surface area contributed by atoms with Crippen molar-refractivity contribution in [3.05, 3.63) is 11.6 Å². The maximum Gasteiger partial charge on any atom is 0.362 e. The Balaban J connectivity index is 3.05. The van der Waals surface area contributed by atoms with Gasteiger partial charge < -0.3 is 14.3 Å². The van der Waals surface area contributed by atoms with E-state index in [2.05, 4.69) is 4.98 Å². The van der Waals surface area contributed by atoms with Crippen LogP contribution in [0.15, 0.2) is 4.42 Å². The van der Waals surface area contributed by atoms with Crippen LogP contribution >= 0.6 is 0 Å². The highest BCUT2D eigenvalue weighted by molar-refractivity contribution is 5.87. The van der Waals surface area contributed by atoms with E-state index in [0.29, 0.717) is 12.5 Å². The van der Waals surface area contributed by atoms with Crippen molar-refractivity contribution in [3.63, 3.8) is 0 Å². The van der Waals surface area contributed by atoms with Gasteiger partial charge in [-0.25, -0.2) is 9.78 Å². The molecule has 0 spiro atoms. The van der Waals surface area contributed by atoms with E-state index in [1.807, 2.05) is 13.8 Å². The number of ether oxygens (including phenoxy) is 1. The number of nitrogens with zero attached hydrogens (tertiary/aromatic N) is 1. The molecule has 5 heteroatoms. The molecule has 0 saturated heterocycles. The monoisotopic (exact) mass is 199 g/mol. The summed E-state index contributed by atoms with van der Waals surface area (Å²) in [6, 6.07) is 0. The van der Waals surface area contributed by atoms with Gasteiger partial charge in [-0.1, -0.05) is 13.8 Å². The summed E-state index contributed by atoms with van der Waals surface area (Å²) in [6.45, 7) is 5.84. The molecule has 0 radical (unpaired) electrons. The SMILES string of the molecule is CCOc1oc(C(C)C)nc1C(=O)O. The fourth-order valence-corrected chi connectivity index (χ4v) is 0.933. The molecule has 0 amide bonds. The van der Waals surface area contributed by atoms with E-state index < -0.39 is 5.97 Å². The van der Waals surface area contributed by atoms with Crippen LogP contribution in [0.2, 0.25) is 0 Å². The highest BCUT2D eigenvalue weighted by Gasteiger charge is 2.21. The van der Waals surface area contributed by atoms with Gasteiger partial charge in [-0.05, 0) is 6.92 Å². The first-order valence-electron chi connectivity index (χ1n) is 4.43. The number of hydrogen-bond donors (Lipinski definition) is 1. The Hall–Kier alpha value is -1.52. The number of hydrogen-bond acceptors (Lipinski definition) is 4. The standard InChI is InChI=1S/C9H13NO4/c1-4-13-9-6(8(11)12)10-7(14-9)5(2)3/h5H,4H2,1-3H3,(H,11,12). The number of aromatic carboxylic acids is 1. The highest BCUT2D eigenvalue weighted by atomic mass is 16.6. The molecule has 1 heterocycles. The molecule has 5 nitrogen and oxygen atoms in total. The van der Waals surface area contributed by atoms with Gasteiger partial charge in [0.05, 0.1) is 6.61 Å². The Morgan fingerprint density at radius 2 is 2.29 bits per heavy atom. The van der Waals surface area contributed by atoms with Gasteiger partial charge in [-0.2, -0.15) is 0 Å². The third-order valence-corrected chi connectivity index (χ3v) is 1.58. The lowest BCUT2D eigenvalue weighted by atomic mass is 10.2. The van der Waals surface area contributed by atoms with E-state index in [0.717, 1.165) is 0 Å². The average Bonchev–Trinajstić information content (AvgIpc) is 2.49. The lowest BCUT2D eigenvalue weighted by Gasteiger charge is -1.97. The quantitative estimate of drug-likeness (QED) is 0.801. The Kier molecular flexibility index (Phi) is 3.11. The molecule has 0 aromatic carbocycles. The summed E-state index contributed by atoms with van der Waals surface area (Å²) in [6.07, 6.45) is 0. The molecule has 0 bridgehead atoms. The third kappa shape index (κ3) is 2.04. The van der Waals surface area contributed by atoms with Crippen molar-refractivity contribution in [2.45, 2.75) is 26.7 Å². The molecule has 78 valence electrons. The van der Waals surface area contributed by atoms with E-state index in [1.54, 1.807) is 6.92 Å². The van der Waals surface area contributed by atoms with E-state index >= 15 is 0 Å². The number of oxazole rings is 1. The lowest BCUT2D eigenvalue weighted by molar-refractivity contribution is 0.0683. The fourth-order valence-electron chi connectivity index (χ4n) is 0.933. The zero-order chi connectivity index (χ0) is 10.7. The number of carbonyl (C=O) groups is 1. The molecule has 0 fully saturated rings. The van der Waals surface area contributed by atoms with Gasteiger partial charge in [-0.15, -0.1) is 0 Å². The molecular formula is C9H13NO4. The summed E-state index contributed by atoms with van der Waals surface area (Å²) in [7, 11) is 0. The molecule has 0 unspecified atom stereocenters. The van der Waals surface area contributed by atoms with Gasteiger partial charge in [0.2, 0.25) is 11.6 Å². The summed E-state index contributed by atoms with van der Waals surface area (Å²) in [5, 5.41) is 8.78. The molecule has 1 N–H and O–H groups in total. The molecule has 0 atom stereocenters. The summed E-state index contributed by atoms with van der Waals surface area (Å²) < 4.78 is 10.2. The third-order valence-electron chi connectivity index (χ3n) is 1.58. The van der Waals surface area contributed by atoms with Crippen LogP contribution in [0.4, 0.5) is 0 Å². The van der Waals surface area contributed by atoms with Gasteiger partial charge in [0.1, 0.15) is 0 Å². The normalized spacial score (nSPS) is 10.6. The van der Waals surface area contributed by atoms with Gasteiger partial charge in [0.15, 0.2) is 0 Å². The minimum Gasteiger partial charge on any atom is -0.476 e. The number of carboxylic acid groups (broad SMARTS) is 1. The van der Waals surface area contributed by atoms with Crippen LogP contribution in [0.25, 0.3) is 0 Å². The zero-order valence-electron chi connectivity index (χ0n) is 8.40. The summed E-state index contributed by atoms with van der Waals surface area (Å²) in [5.74, 6) is -0.721. The van der Waals surface area contributed by atoms with Crippen LogP contribution in [0.3, 0.4) is 0 Å². The van der Waals surface area contributed by atoms with Crippen molar-refractivity contribution in [1.82, 2.24) is 4.98 Å². The van der Waals surface area contributed by atoms with Crippen molar-refractivity contribution in [2.75, 3.05) is 6.61 Å². The van der Waals surface area contributed by atoms with Crippen LogP contribution in [0.1, 0.15) is 43.1 Å². The second-order valence-corrected chi connectivity index (χ2v) is 3.08. The fraction of sp³-hybridized carbons (Fsp3) is 0.556. The Morgan fingerprint density at radius 3 is 2.71 bits per heavy atom. The van der Waals surface area contributed by atoms with Crippen LogP contribution in [-0.4, -0.2) is 22.7 Å². The van der Waals surface area contributed by atoms with Crippen LogP contribution in [-0.2, 0) is 0 Å². The number of rotatable bonds is 4. The molecular weight excluding hydrogens is 186 g/mol. The van der Waals surface area contributed by atoms with Gasteiger partial charge in [0, 0.05) is 5.92 Å². The Morgan fingerprint density at radius 1 is 1.64 bits per heavy atom. The molecule has 1 rings (SSSR count). The van der Waals surface area contributed by atoms with Crippen LogP contribution < -0.4 is 4.74 Å². The lowest BCUT2D eigenvalue weighted by Crippen LogP contribution is -2.01. The van der Waals surface area contributed by atoms with Crippen molar-refractivity contribution < 1.29 is 19.1 Å². The van der Waals surface area contributed by atoms with Crippen molar-refractivity contribution in [2.24, 2.45) is 0 Å². The highest BCUT2D eigenvalue weighted by Crippen LogP contribution is 2.24. The predicted octanol–water partition coefficient (Wildman–Crippen LogP) is 1.89. The van der Waals surface area contributed by atoms with Crippen molar-refractivity contribution in [1.29, 1.82) is 0 Å². The first-order valence-corrected chi connectivity index (χ1v) is 4.43. The Labute approximate surface area is 81.7 Å². The minimum atomic E-state index is -1.14. The second-order valence-electron chi connectivity index (χ2n) is 3.08. The molecule has 0 saturated carbocycles.